The average molecular weight is 379 g/mol. The molecule has 1 aliphatic rings. The van der Waals surface area contributed by atoms with E-state index >= 15 is 0 Å². The molecule has 1 saturated heterocycles. The number of nitrogens with zero attached hydrogens (tertiary/aromatic N) is 2. The first-order valence-electron chi connectivity index (χ1n) is 8.99. The molecule has 1 atom stereocenters. The number of nitrogens with one attached hydrogen (secondary N) is 1. The molecule has 0 bridgehead atoms. The highest BCUT2D eigenvalue weighted by molar-refractivity contribution is 6.05. The molecule has 7 heteroatoms. The lowest BCUT2D eigenvalue weighted by Gasteiger charge is -2.14. The number of rotatable bonds is 4. The third-order valence-electron chi connectivity index (χ3n) is 4.69. The van der Waals surface area contributed by atoms with E-state index < -0.39 is 17.8 Å². The number of ether oxygens (including phenoxy) is 1. The van der Waals surface area contributed by atoms with Crippen molar-refractivity contribution < 1.29 is 18.7 Å². The molecule has 3 aromatic rings. The van der Waals surface area contributed by atoms with Crippen molar-refractivity contribution in [1.82, 2.24) is 4.98 Å². The summed E-state index contributed by atoms with van der Waals surface area (Å²) in [5, 5.41) is 3.53. The third-order valence-corrected chi connectivity index (χ3v) is 4.69. The second kappa shape index (κ2) is 7.26. The quantitative estimate of drug-likeness (QED) is 0.731. The van der Waals surface area contributed by atoms with Crippen LogP contribution in [0.3, 0.4) is 0 Å². The smallest absolute Gasteiger partial charge is 0.414 e. The molecule has 28 heavy (non-hydrogen) atoms. The topological polar surface area (TPSA) is 71.5 Å². The lowest BCUT2D eigenvalue weighted by Crippen LogP contribution is -2.25. The van der Waals surface area contributed by atoms with Crippen molar-refractivity contribution in [3.05, 3.63) is 66.1 Å². The van der Waals surface area contributed by atoms with E-state index in [1.54, 1.807) is 6.07 Å². The van der Waals surface area contributed by atoms with Gasteiger partial charge in [-0.3, -0.25) is 14.7 Å². The van der Waals surface area contributed by atoms with Gasteiger partial charge < -0.3 is 10.1 Å². The van der Waals surface area contributed by atoms with Gasteiger partial charge in [-0.05, 0) is 36.8 Å². The number of carbonyl (C=O) groups excluding carboxylic acids is 2. The van der Waals surface area contributed by atoms with Crippen molar-refractivity contribution in [2.75, 3.05) is 16.8 Å². The molecular formula is C21H18FN3O3. The van der Waals surface area contributed by atoms with Gasteiger partial charge in [-0.2, -0.15) is 0 Å². The van der Waals surface area contributed by atoms with Gasteiger partial charge in [0.1, 0.15) is 11.9 Å². The van der Waals surface area contributed by atoms with E-state index in [9.17, 15) is 14.0 Å². The third kappa shape index (κ3) is 3.38. The minimum atomic E-state index is -0.712. The van der Waals surface area contributed by atoms with E-state index in [0.717, 1.165) is 10.9 Å². The molecule has 0 unspecified atom stereocenters. The highest BCUT2D eigenvalue weighted by Crippen LogP contribution is 2.25. The van der Waals surface area contributed by atoms with Gasteiger partial charge in [0.25, 0.3) is 5.91 Å². The summed E-state index contributed by atoms with van der Waals surface area (Å²) >= 11 is 0. The van der Waals surface area contributed by atoms with Gasteiger partial charge in [0.15, 0.2) is 0 Å². The summed E-state index contributed by atoms with van der Waals surface area (Å²) in [6.07, 6.45) is 1.49. The number of carbonyl (C=O) groups is 2. The SMILES string of the molecule is CC[C@H]1CN(c2ccc(C(=O)Nc3cnc4ccccc4c3)c(F)c2)C(=O)O1. The first-order chi connectivity index (χ1) is 13.5. The van der Waals surface area contributed by atoms with E-state index in [4.69, 9.17) is 4.74 Å². The number of anilines is 2. The first-order valence-corrected chi connectivity index (χ1v) is 8.99. The molecule has 1 N–H and O–H groups in total. The Morgan fingerprint density at radius 3 is 2.86 bits per heavy atom. The Bertz CT molecular complexity index is 1070. The van der Waals surface area contributed by atoms with Crippen molar-refractivity contribution in [3.63, 3.8) is 0 Å². The Balaban J connectivity index is 1.53. The molecule has 0 aliphatic carbocycles. The second-order valence-electron chi connectivity index (χ2n) is 6.56. The first kappa shape index (κ1) is 17.9. The fraction of sp³-hybridized carbons (Fsp3) is 0.190. The van der Waals surface area contributed by atoms with Gasteiger partial charge in [-0.25, -0.2) is 9.18 Å². The number of amides is 2. The van der Waals surface area contributed by atoms with Gasteiger partial charge in [0.05, 0.1) is 35.2 Å². The number of hydrogen-bond donors (Lipinski definition) is 1. The second-order valence-corrected chi connectivity index (χ2v) is 6.56. The number of aromatic nitrogens is 1. The molecule has 142 valence electrons. The minimum absolute atomic E-state index is 0.114. The predicted molar refractivity (Wildman–Crippen MR) is 104 cm³/mol. The zero-order chi connectivity index (χ0) is 19.7. The van der Waals surface area contributed by atoms with Crippen molar-refractivity contribution in [2.45, 2.75) is 19.4 Å². The van der Waals surface area contributed by atoms with Crippen LogP contribution in [0.5, 0.6) is 0 Å². The van der Waals surface area contributed by atoms with Crippen LogP contribution in [-0.2, 0) is 4.74 Å². The molecule has 1 fully saturated rings. The molecule has 0 radical (unpaired) electrons. The Morgan fingerprint density at radius 2 is 2.11 bits per heavy atom. The van der Waals surface area contributed by atoms with Crippen LogP contribution in [0.15, 0.2) is 54.7 Å². The monoisotopic (exact) mass is 379 g/mol. The highest BCUT2D eigenvalue weighted by atomic mass is 19.1. The molecule has 6 nitrogen and oxygen atoms in total. The Hall–Kier alpha value is -3.48. The fourth-order valence-electron chi connectivity index (χ4n) is 3.14. The van der Waals surface area contributed by atoms with Gasteiger partial charge in [-0.1, -0.05) is 25.1 Å². The van der Waals surface area contributed by atoms with Crippen molar-refractivity contribution >= 4 is 34.3 Å². The summed E-state index contributed by atoms with van der Waals surface area (Å²) in [5.74, 6) is -1.30. The zero-order valence-electron chi connectivity index (χ0n) is 15.2. The van der Waals surface area contributed by atoms with Crippen LogP contribution < -0.4 is 10.2 Å². The van der Waals surface area contributed by atoms with Crippen LogP contribution >= 0.6 is 0 Å². The fourth-order valence-corrected chi connectivity index (χ4v) is 3.14. The molecule has 1 aliphatic heterocycles. The van der Waals surface area contributed by atoms with Crippen LogP contribution in [0.25, 0.3) is 10.9 Å². The number of halogens is 1. The number of pyridine rings is 1. The summed E-state index contributed by atoms with van der Waals surface area (Å²) < 4.78 is 19.7. The molecule has 2 heterocycles. The summed E-state index contributed by atoms with van der Waals surface area (Å²) in [5.41, 5.74) is 1.53. The lowest BCUT2D eigenvalue weighted by molar-refractivity contribution is 0.102. The Morgan fingerprint density at radius 1 is 1.29 bits per heavy atom. The van der Waals surface area contributed by atoms with Gasteiger partial charge >= 0.3 is 6.09 Å². The number of para-hydroxylation sites is 1. The van der Waals surface area contributed by atoms with E-state index in [0.29, 0.717) is 24.3 Å². The lowest BCUT2D eigenvalue weighted by atomic mass is 10.1. The number of cyclic esters (lactones) is 1. The normalized spacial score (nSPS) is 16.3. The molecule has 1 aromatic heterocycles. The van der Waals surface area contributed by atoms with E-state index in [2.05, 4.69) is 10.3 Å². The largest absolute Gasteiger partial charge is 0.444 e. The van der Waals surface area contributed by atoms with E-state index in [1.165, 1.54) is 29.3 Å². The van der Waals surface area contributed by atoms with Crippen LogP contribution in [0.1, 0.15) is 23.7 Å². The number of benzene rings is 2. The molecular weight excluding hydrogens is 361 g/mol. The Kier molecular flexibility index (Phi) is 4.65. The van der Waals surface area contributed by atoms with Crippen molar-refractivity contribution in [2.24, 2.45) is 0 Å². The van der Waals surface area contributed by atoms with E-state index in [1.807, 2.05) is 31.2 Å². The van der Waals surface area contributed by atoms with E-state index in [-0.39, 0.29) is 11.7 Å². The van der Waals surface area contributed by atoms with Crippen LogP contribution in [0, 0.1) is 5.82 Å². The highest BCUT2D eigenvalue weighted by Gasteiger charge is 2.31. The average Bonchev–Trinajstić information content (AvgIpc) is 3.08. The maximum Gasteiger partial charge on any atom is 0.414 e. The molecule has 0 saturated carbocycles. The van der Waals surface area contributed by atoms with Gasteiger partial charge in [0.2, 0.25) is 0 Å². The zero-order valence-corrected chi connectivity index (χ0v) is 15.2. The van der Waals surface area contributed by atoms with Crippen molar-refractivity contribution in [1.29, 1.82) is 0 Å². The van der Waals surface area contributed by atoms with Crippen LogP contribution in [-0.4, -0.2) is 29.6 Å². The van der Waals surface area contributed by atoms with Gasteiger partial charge in [-0.15, -0.1) is 0 Å². The molecule has 4 rings (SSSR count). The predicted octanol–water partition coefficient (Wildman–Crippen LogP) is 4.36. The van der Waals surface area contributed by atoms with Crippen LogP contribution in [0.4, 0.5) is 20.6 Å². The maximum atomic E-state index is 14.6. The minimum Gasteiger partial charge on any atom is -0.444 e. The molecule has 0 spiro atoms. The van der Waals surface area contributed by atoms with Crippen LogP contribution in [0.2, 0.25) is 0 Å². The summed E-state index contributed by atoms with van der Waals surface area (Å²) in [4.78, 5) is 30.0. The summed E-state index contributed by atoms with van der Waals surface area (Å²) in [7, 11) is 0. The number of fused-ring (bicyclic) bond motifs is 1. The number of hydrogen-bond acceptors (Lipinski definition) is 4. The molecule has 2 aromatic carbocycles. The summed E-state index contributed by atoms with van der Waals surface area (Å²) in [6, 6.07) is 13.4. The summed E-state index contributed by atoms with van der Waals surface area (Å²) in [6.45, 7) is 2.28. The van der Waals surface area contributed by atoms with Gasteiger partial charge in [0, 0.05) is 5.39 Å². The molecule has 2 amide bonds. The van der Waals surface area contributed by atoms with Crippen molar-refractivity contribution in [3.8, 4) is 0 Å². The maximum absolute atomic E-state index is 14.6. The standard InChI is InChI=1S/C21H18FN3O3/c1-2-16-12-25(21(27)28-16)15-7-8-17(18(22)10-15)20(26)24-14-9-13-5-3-4-6-19(13)23-11-14/h3-11,16H,2,12H2,1H3,(H,24,26)/t16-/m0/s1. The Labute approximate surface area is 160 Å².